The van der Waals surface area contributed by atoms with E-state index in [1.807, 2.05) is 12.1 Å². The predicted octanol–water partition coefficient (Wildman–Crippen LogP) is 3.06. The molecule has 4 nitrogen and oxygen atoms in total. The Balaban J connectivity index is 2.36. The predicted molar refractivity (Wildman–Crippen MR) is 73.6 cm³/mol. The average Bonchev–Trinajstić information content (AvgIpc) is 2.81. The van der Waals surface area contributed by atoms with E-state index in [1.165, 1.54) is 0 Å². The molecule has 0 aliphatic heterocycles. The van der Waals surface area contributed by atoms with Gasteiger partial charge in [-0.15, -0.1) is 0 Å². The molecule has 18 heavy (non-hydrogen) atoms. The Bertz CT molecular complexity index is 559. The summed E-state index contributed by atoms with van der Waals surface area (Å²) in [6, 6.07) is 7.69. The maximum absolute atomic E-state index is 8.89. The fourth-order valence-corrected chi connectivity index (χ4v) is 2.08. The number of aromatic nitrogens is 2. The molecule has 2 rings (SSSR count). The number of nitrogens with one attached hydrogen (secondary N) is 1. The van der Waals surface area contributed by atoms with Gasteiger partial charge in [0.2, 0.25) is 5.95 Å². The van der Waals surface area contributed by atoms with Crippen LogP contribution >= 0.6 is 0 Å². The molecule has 0 unspecified atom stereocenters. The lowest BCUT2D eigenvalue weighted by Crippen LogP contribution is -2.25. The van der Waals surface area contributed by atoms with Crippen molar-refractivity contribution in [3.05, 3.63) is 23.8 Å². The highest BCUT2D eigenvalue weighted by Crippen LogP contribution is 2.19. The number of nitriles is 1. The van der Waals surface area contributed by atoms with Crippen LogP contribution in [0.1, 0.15) is 32.3 Å². The van der Waals surface area contributed by atoms with Crippen molar-refractivity contribution in [3.8, 4) is 6.07 Å². The molecule has 0 atom stereocenters. The molecule has 1 aromatic carbocycles. The SMILES string of the molecule is CCCN(CCC)c1nc2ccc(C#N)cc2[nH]1. The largest absolute Gasteiger partial charge is 0.342 e. The first kappa shape index (κ1) is 12.4. The highest BCUT2D eigenvalue weighted by molar-refractivity contribution is 5.79. The fraction of sp³-hybridized carbons (Fsp3) is 0.429. The Labute approximate surface area is 107 Å². The van der Waals surface area contributed by atoms with Gasteiger partial charge in [0.25, 0.3) is 0 Å². The number of fused-ring (bicyclic) bond motifs is 1. The van der Waals surface area contributed by atoms with Gasteiger partial charge in [-0.3, -0.25) is 0 Å². The van der Waals surface area contributed by atoms with Crippen LogP contribution in [-0.4, -0.2) is 23.1 Å². The molecule has 1 N–H and O–H groups in total. The maximum atomic E-state index is 8.89. The van der Waals surface area contributed by atoms with E-state index < -0.39 is 0 Å². The topological polar surface area (TPSA) is 55.7 Å². The quantitative estimate of drug-likeness (QED) is 0.876. The molecule has 94 valence electrons. The molecule has 0 radical (unpaired) electrons. The van der Waals surface area contributed by atoms with Crippen LogP contribution in [-0.2, 0) is 0 Å². The minimum Gasteiger partial charge on any atom is -0.342 e. The molecule has 1 aromatic heterocycles. The summed E-state index contributed by atoms with van der Waals surface area (Å²) >= 11 is 0. The summed E-state index contributed by atoms with van der Waals surface area (Å²) in [5.74, 6) is 0.906. The van der Waals surface area contributed by atoms with Crippen LogP contribution in [0.4, 0.5) is 5.95 Å². The van der Waals surface area contributed by atoms with E-state index in [0.717, 1.165) is 42.9 Å². The summed E-state index contributed by atoms with van der Waals surface area (Å²) in [6.07, 6.45) is 2.20. The van der Waals surface area contributed by atoms with Crippen LogP contribution < -0.4 is 4.90 Å². The third-order valence-corrected chi connectivity index (χ3v) is 2.89. The molecule has 1 heterocycles. The summed E-state index contributed by atoms with van der Waals surface area (Å²) in [7, 11) is 0. The lowest BCUT2D eigenvalue weighted by atomic mass is 10.2. The fourth-order valence-electron chi connectivity index (χ4n) is 2.08. The van der Waals surface area contributed by atoms with E-state index in [4.69, 9.17) is 5.26 Å². The van der Waals surface area contributed by atoms with Gasteiger partial charge in [-0.05, 0) is 31.0 Å². The number of rotatable bonds is 5. The highest BCUT2D eigenvalue weighted by Gasteiger charge is 2.10. The summed E-state index contributed by atoms with van der Waals surface area (Å²) in [5.41, 5.74) is 2.51. The van der Waals surface area contributed by atoms with Gasteiger partial charge in [-0.2, -0.15) is 5.26 Å². The van der Waals surface area contributed by atoms with Crippen molar-refractivity contribution in [2.75, 3.05) is 18.0 Å². The van der Waals surface area contributed by atoms with Gasteiger partial charge in [-0.1, -0.05) is 13.8 Å². The lowest BCUT2D eigenvalue weighted by Gasteiger charge is -2.19. The van der Waals surface area contributed by atoms with Gasteiger partial charge < -0.3 is 9.88 Å². The highest BCUT2D eigenvalue weighted by atomic mass is 15.3. The van der Waals surface area contributed by atoms with Crippen molar-refractivity contribution >= 4 is 17.0 Å². The average molecular weight is 242 g/mol. The normalized spacial score (nSPS) is 10.5. The summed E-state index contributed by atoms with van der Waals surface area (Å²) < 4.78 is 0. The molecule has 0 saturated carbocycles. The summed E-state index contributed by atoms with van der Waals surface area (Å²) in [6.45, 7) is 6.33. The van der Waals surface area contributed by atoms with E-state index in [0.29, 0.717) is 5.56 Å². The number of benzene rings is 1. The number of hydrogen-bond donors (Lipinski definition) is 1. The number of imidazole rings is 1. The van der Waals surface area contributed by atoms with Gasteiger partial charge in [0.05, 0.1) is 22.7 Å². The number of aromatic amines is 1. The standard InChI is InChI=1S/C14H18N4/c1-3-7-18(8-4-2)14-16-12-6-5-11(10-15)9-13(12)17-14/h5-6,9H,3-4,7-8H2,1-2H3,(H,16,17). The summed E-state index contributed by atoms with van der Waals surface area (Å²) in [5, 5.41) is 8.89. The van der Waals surface area contributed by atoms with Gasteiger partial charge in [0.1, 0.15) is 0 Å². The molecular weight excluding hydrogens is 224 g/mol. The monoisotopic (exact) mass is 242 g/mol. The third kappa shape index (κ3) is 2.45. The molecule has 0 bridgehead atoms. The van der Waals surface area contributed by atoms with Gasteiger partial charge in [0, 0.05) is 13.1 Å². The molecule has 2 aromatic rings. The second-order valence-electron chi connectivity index (χ2n) is 4.39. The number of anilines is 1. The van der Waals surface area contributed by atoms with Crippen LogP contribution in [0.25, 0.3) is 11.0 Å². The van der Waals surface area contributed by atoms with Crippen molar-refractivity contribution in [2.45, 2.75) is 26.7 Å². The second-order valence-corrected chi connectivity index (χ2v) is 4.39. The molecule has 0 aliphatic rings. The van der Waals surface area contributed by atoms with Gasteiger partial charge >= 0.3 is 0 Å². The van der Waals surface area contributed by atoms with E-state index in [2.05, 4.69) is 34.8 Å². The number of H-pyrrole nitrogens is 1. The van der Waals surface area contributed by atoms with Gasteiger partial charge in [0.15, 0.2) is 0 Å². The van der Waals surface area contributed by atoms with Crippen molar-refractivity contribution in [2.24, 2.45) is 0 Å². The zero-order valence-electron chi connectivity index (χ0n) is 10.9. The second kappa shape index (κ2) is 5.54. The molecule has 4 heteroatoms. The zero-order chi connectivity index (χ0) is 13.0. The Morgan fingerprint density at radius 3 is 2.61 bits per heavy atom. The zero-order valence-corrected chi connectivity index (χ0v) is 10.9. The van der Waals surface area contributed by atoms with Crippen molar-refractivity contribution in [3.63, 3.8) is 0 Å². The number of hydrogen-bond acceptors (Lipinski definition) is 3. The Morgan fingerprint density at radius 2 is 2.00 bits per heavy atom. The lowest BCUT2D eigenvalue weighted by molar-refractivity contribution is 0.727. The number of nitrogens with zero attached hydrogens (tertiary/aromatic N) is 3. The molecular formula is C14H18N4. The van der Waals surface area contributed by atoms with Gasteiger partial charge in [-0.25, -0.2) is 4.98 Å². The van der Waals surface area contributed by atoms with E-state index in [9.17, 15) is 0 Å². The van der Waals surface area contributed by atoms with Crippen LogP contribution in [0.3, 0.4) is 0 Å². The van der Waals surface area contributed by atoms with Crippen LogP contribution in [0.2, 0.25) is 0 Å². The summed E-state index contributed by atoms with van der Waals surface area (Å²) in [4.78, 5) is 10.1. The smallest absolute Gasteiger partial charge is 0.203 e. The first-order valence-electron chi connectivity index (χ1n) is 6.43. The van der Waals surface area contributed by atoms with Crippen LogP contribution in [0.5, 0.6) is 0 Å². The molecule has 0 amide bonds. The van der Waals surface area contributed by atoms with E-state index in [-0.39, 0.29) is 0 Å². The Kier molecular flexibility index (Phi) is 3.83. The van der Waals surface area contributed by atoms with Crippen LogP contribution in [0, 0.1) is 11.3 Å². The van der Waals surface area contributed by atoms with E-state index in [1.54, 1.807) is 6.07 Å². The van der Waals surface area contributed by atoms with Crippen LogP contribution in [0.15, 0.2) is 18.2 Å². The first-order chi connectivity index (χ1) is 8.78. The minimum atomic E-state index is 0.662. The minimum absolute atomic E-state index is 0.662. The maximum Gasteiger partial charge on any atom is 0.203 e. The molecule has 0 fully saturated rings. The Hall–Kier alpha value is -2.02. The van der Waals surface area contributed by atoms with E-state index >= 15 is 0 Å². The van der Waals surface area contributed by atoms with Crippen molar-refractivity contribution in [1.82, 2.24) is 9.97 Å². The van der Waals surface area contributed by atoms with Crippen molar-refractivity contribution < 1.29 is 0 Å². The molecule has 0 aliphatic carbocycles. The Morgan fingerprint density at radius 1 is 1.28 bits per heavy atom. The third-order valence-electron chi connectivity index (χ3n) is 2.89. The molecule has 0 spiro atoms. The van der Waals surface area contributed by atoms with Crippen molar-refractivity contribution in [1.29, 1.82) is 5.26 Å². The first-order valence-corrected chi connectivity index (χ1v) is 6.43. The molecule has 0 saturated heterocycles.